The molecule has 1 N–H and O–H groups in total. The lowest BCUT2D eigenvalue weighted by molar-refractivity contribution is 0.177. The average molecular weight is 320 g/mol. The number of rotatable bonds is 4. The Bertz CT molecular complexity index is 519. The Kier molecular flexibility index (Phi) is 4.72. The molecular weight excluding hydrogens is 302 g/mol. The summed E-state index contributed by atoms with van der Waals surface area (Å²) in [5, 5.41) is 10.2. The molecule has 2 nitrogen and oxygen atoms in total. The van der Waals surface area contributed by atoms with Gasteiger partial charge in [0.15, 0.2) is 0 Å². The van der Waals surface area contributed by atoms with E-state index in [1.54, 1.807) is 6.20 Å². The second-order valence-electron chi connectivity index (χ2n) is 5.01. The van der Waals surface area contributed by atoms with Gasteiger partial charge in [-0.2, -0.15) is 0 Å². The summed E-state index contributed by atoms with van der Waals surface area (Å²) in [6, 6.07) is 12.0. The van der Waals surface area contributed by atoms with E-state index in [2.05, 4.69) is 46.9 Å². The van der Waals surface area contributed by atoms with Crippen LogP contribution in [-0.4, -0.2) is 10.1 Å². The van der Waals surface area contributed by atoms with Crippen molar-refractivity contribution in [1.82, 2.24) is 4.98 Å². The van der Waals surface area contributed by atoms with E-state index in [0.717, 1.165) is 15.7 Å². The molecule has 100 valence electrons. The Morgan fingerprint density at radius 2 is 1.68 bits per heavy atom. The SMILES string of the molecule is CC(C)c1ccc(C(O)Cc2ccc(Br)cn2)cc1. The fourth-order valence-corrected chi connectivity index (χ4v) is 2.18. The summed E-state index contributed by atoms with van der Waals surface area (Å²) in [6.45, 7) is 4.33. The normalized spacial score (nSPS) is 12.7. The minimum absolute atomic E-state index is 0.505. The van der Waals surface area contributed by atoms with Crippen molar-refractivity contribution in [1.29, 1.82) is 0 Å². The van der Waals surface area contributed by atoms with E-state index >= 15 is 0 Å². The molecule has 0 bridgehead atoms. The molecule has 1 unspecified atom stereocenters. The van der Waals surface area contributed by atoms with Gasteiger partial charge >= 0.3 is 0 Å². The van der Waals surface area contributed by atoms with Gasteiger partial charge in [0.05, 0.1) is 6.10 Å². The van der Waals surface area contributed by atoms with Crippen molar-refractivity contribution in [2.45, 2.75) is 32.3 Å². The number of aliphatic hydroxyl groups is 1. The number of pyridine rings is 1. The van der Waals surface area contributed by atoms with Gasteiger partial charge in [-0.1, -0.05) is 38.1 Å². The molecule has 0 amide bonds. The van der Waals surface area contributed by atoms with E-state index in [0.29, 0.717) is 12.3 Å². The van der Waals surface area contributed by atoms with Gasteiger partial charge in [0.1, 0.15) is 0 Å². The summed E-state index contributed by atoms with van der Waals surface area (Å²) in [5.41, 5.74) is 3.12. The number of aliphatic hydroxyl groups excluding tert-OH is 1. The zero-order valence-electron chi connectivity index (χ0n) is 11.2. The van der Waals surface area contributed by atoms with Gasteiger partial charge in [0.2, 0.25) is 0 Å². The Hall–Kier alpha value is -1.19. The molecule has 0 saturated carbocycles. The zero-order chi connectivity index (χ0) is 13.8. The topological polar surface area (TPSA) is 33.1 Å². The third-order valence-electron chi connectivity index (χ3n) is 3.18. The van der Waals surface area contributed by atoms with Crippen LogP contribution >= 0.6 is 15.9 Å². The van der Waals surface area contributed by atoms with Crippen molar-refractivity contribution in [2.24, 2.45) is 0 Å². The molecule has 2 rings (SSSR count). The molecule has 0 saturated heterocycles. The third kappa shape index (κ3) is 3.88. The maximum Gasteiger partial charge on any atom is 0.0845 e. The molecule has 1 atom stereocenters. The van der Waals surface area contributed by atoms with Crippen LogP contribution in [0, 0.1) is 0 Å². The molecule has 1 aromatic carbocycles. The summed E-state index contributed by atoms with van der Waals surface area (Å²) < 4.78 is 0.951. The van der Waals surface area contributed by atoms with Crippen LogP contribution in [0.5, 0.6) is 0 Å². The standard InChI is InChI=1S/C16H18BrNO/c1-11(2)12-3-5-13(6-4-12)16(19)9-15-8-7-14(17)10-18-15/h3-8,10-11,16,19H,9H2,1-2H3. The highest BCUT2D eigenvalue weighted by Gasteiger charge is 2.10. The van der Waals surface area contributed by atoms with Gasteiger partial charge in [-0.3, -0.25) is 4.98 Å². The van der Waals surface area contributed by atoms with Crippen LogP contribution < -0.4 is 0 Å². The summed E-state index contributed by atoms with van der Waals surface area (Å²) >= 11 is 3.35. The van der Waals surface area contributed by atoms with Gasteiger partial charge in [-0.15, -0.1) is 0 Å². The Morgan fingerprint density at radius 3 is 2.21 bits per heavy atom. The summed E-state index contributed by atoms with van der Waals surface area (Å²) in [5.74, 6) is 0.513. The van der Waals surface area contributed by atoms with E-state index in [1.165, 1.54) is 5.56 Å². The predicted molar refractivity (Wildman–Crippen MR) is 81.1 cm³/mol. The number of hydrogen-bond donors (Lipinski definition) is 1. The van der Waals surface area contributed by atoms with Crippen molar-refractivity contribution in [3.05, 3.63) is 63.9 Å². The highest BCUT2D eigenvalue weighted by atomic mass is 79.9. The predicted octanol–water partition coefficient (Wildman–Crippen LogP) is 4.24. The van der Waals surface area contributed by atoms with Crippen LogP contribution in [0.1, 0.15) is 42.7 Å². The lowest BCUT2D eigenvalue weighted by atomic mass is 9.98. The molecule has 0 aliphatic heterocycles. The first-order chi connectivity index (χ1) is 9.06. The molecule has 1 aromatic heterocycles. The Balaban J connectivity index is 2.07. The van der Waals surface area contributed by atoms with Crippen LogP contribution in [0.3, 0.4) is 0 Å². The quantitative estimate of drug-likeness (QED) is 0.914. The first-order valence-corrected chi connectivity index (χ1v) is 7.24. The Labute approximate surface area is 122 Å². The smallest absolute Gasteiger partial charge is 0.0845 e. The highest BCUT2D eigenvalue weighted by Crippen LogP contribution is 2.21. The van der Waals surface area contributed by atoms with Crippen molar-refractivity contribution in [2.75, 3.05) is 0 Å². The molecule has 1 heterocycles. The average Bonchev–Trinajstić information content (AvgIpc) is 2.41. The molecule has 19 heavy (non-hydrogen) atoms. The number of aromatic nitrogens is 1. The van der Waals surface area contributed by atoms with E-state index in [1.807, 2.05) is 24.3 Å². The molecule has 0 spiro atoms. The maximum absolute atomic E-state index is 10.2. The largest absolute Gasteiger partial charge is 0.388 e. The van der Waals surface area contributed by atoms with E-state index in [9.17, 15) is 5.11 Å². The van der Waals surface area contributed by atoms with Gasteiger partial charge in [-0.05, 0) is 45.1 Å². The maximum atomic E-state index is 10.2. The van der Waals surface area contributed by atoms with Crippen LogP contribution in [0.15, 0.2) is 47.1 Å². The van der Waals surface area contributed by atoms with E-state index in [-0.39, 0.29) is 0 Å². The monoisotopic (exact) mass is 319 g/mol. The van der Waals surface area contributed by atoms with Crippen molar-refractivity contribution >= 4 is 15.9 Å². The third-order valence-corrected chi connectivity index (χ3v) is 3.65. The van der Waals surface area contributed by atoms with Crippen LogP contribution in [0.4, 0.5) is 0 Å². The number of nitrogens with zero attached hydrogens (tertiary/aromatic N) is 1. The second kappa shape index (κ2) is 6.31. The van der Waals surface area contributed by atoms with E-state index in [4.69, 9.17) is 0 Å². The van der Waals surface area contributed by atoms with Gasteiger partial charge in [-0.25, -0.2) is 0 Å². The fraction of sp³-hybridized carbons (Fsp3) is 0.312. The van der Waals surface area contributed by atoms with Crippen molar-refractivity contribution in [3.8, 4) is 0 Å². The van der Waals surface area contributed by atoms with Crippen molar-refractivity contribution in [3.63, 3.8) is 0 Å². The van der Waals surface area contributed by atoms with Gasteiger partial charge in [0, 0.05) is 22.8 Å². The number of halogens is 1. The highest BCUT2D eigenvalue weighted by molar-refractivity contribution is 9.10. The molecule has 2 aromatic rings. The first kappa shape index (κ1) is 14.2. The molecule has 0 aliphatic rings. The minimum atomic E-state index is -0.505. The molecule has 0 aliphatic carbocycles. The van der Waals surface area contributed by atoms with Crippen LogP contribution in [0.25, 0.3) is 0 Å². The fourth-order valence-electron chi connectivity index (χ4n) is 1.95. The number of benzene rings is 1. The lowest BCUT2D eigenvalue weighted by Crippen LogP contribution is -2.03. The van der Waals surface area contributed by atoms with Gasteiger partial charge in [0.25, 0.3) is 0 Å². The summed E-state index contributed by atoms with van der Waals surface area (Å²) in [6.07, 6.45) is 1.79. The molecular formula is C16H18BrNO. The molecule has 0 fully saturated rings. The Morgan fingerprint density at radius 1 is 1.05 bits per heavy atom. The minimum Gasteiger partial charge on any atom is -0.388 e. The molecule has 3 heteroatoms. The zero-order valence-corrected chi connectivity index (χ0v) is 12.8. The second-order valence-corrected chi connectivity index (χ2v) is 5.92. The van der Waals surface area contributed by atoms with Gasteiger partial charge < -0.3 is 5.11 Å². The van der Waals surface area contributed by atoms with Crippen molar-refractivity contribution < 1.29 is 5.11 Å². The summed E-state index contributed by atoms with van der Waals surface area (Å²) in [4.78, 5) is 4.28. The van der Waals surface area contributed by atoms with Crippen LogP contribution in [0.2, 0.25) is 0 Å². The molecule has 0 radical (unpaired) electrons. The van der Waals surface area contributed by atoms with E-state index < -0.39 is 6.10 Å². The first-order valence-electron chi connectivity index (χ1n) is 6.44. The summed E-state index contributed by atoms with van der Waals surface area (Å²) in [7, 11) is 0. The van der Waals surface area contributed by atoms with Crippen LogP contribution in [-0.2, 0) is 6.42 Å². The lowest BCUT2D eigenvalue weighted by Gasteiger charge is -2.12. The number of hydrogen-bond acceptors (Lipinski definition) is 2.